The summed E-state index contributed by atoms with van der Waals surface area (Å²) in [7, 11) is 0. The number of carbonyl (C=O) groups excluding carboxylic acids is 1. The lowest BCUT2D eigenvalue weighted by molar-refractivity contribution is -0.192. The molecule has 11 heteroatoms. The van der Waals surface area contributed by atoms with Crippen LogP contribution in [0.5, 0.6) is 0 Å². The molecule has 1 atom stereocenters. The first-order valence-corrected chi connectivity index (χ1v) is 13.5. The van der Waals surface area contributed by atoms with Crippen molar-refractivity contribution in [2.75, 3.05) is 10.6 Å². The highest BCUT2D eigenvalue weighted by molar-refractivity contribution is 5.84. The highest BCUT2D eigenvalue weighted by Gasteiger charge is 2.38. The summed E-state index contributed by atoms with van der Waals surface area (Å²) in [6.07, 6.45) is -4.55. The molecule has 4 aromatic rings. The van der Waals surface area contributed by atoms with Crippen LogP contribution in [0.15, 0.2) is 84.9 Å². The van der Waals surface area contributed by atoms with Crippen LogP contribution in [-0.2, 0) is 29.1 Å². The first-order valence-electron chi connectivity index (χ1n) is 13.5. The summed E-state index contributed by atoms with van der Waals surface area (Å²) < 4.78 is 31.7. The molecule has 0 aliphatic heterocycles. The van der Waals surface area contributed by atoms with E-state index in [-0.39, 0.29) is 5.91 Å². The fraction of sp³-hybridized carbons (Fsp3) is 0.250. The van der Waals surface area contributed by atoms with E-state index in [4.69, 9.17) is 9.90 Å². The Balaban J connectivity index is 0.000000646. The summed E-state index contributed by atoms with van der Waals surface area (Å²) in [5, 5.41) is 16.9. The number of halogens is 3. The molecule has 1 aromatic heterocycles. The maximum Gasteiger partial charge on any atom is 0.490 e. The van der Waals surface area contributed by atoms with E-state index in [2.05, 4.69) is 64.0 Å². The molecule has 0 spiro atoms. The Hall–Kier alpha value is -4.93. The van der Waals surface area contributed by atoms with E-state index in [1.54, 1.807) is 0 Å². The quantitative estimate of drug-likeness (QED) is 0.179. The van der Waals surface area contributed by atoms with Gasteiger partial charge in [-0.25, -0.2) is 9.78 Å². The summed E-state index contributed by atoms with van der Waals surface area (Å²) in [5.41, 5.74) is 6.55. The predicted octanol–water partition coefficient (Wildman–Crippen LogP) is 5.99. The van der Waals surface area contributed by atoms with Gasteiger partial charge in [0.15, 0.2) is 0 Å². The second kappa shape index (κ2) is 15.3. The van der Waals surface area contributed by atoms with Crippen LogP contribution in [0.3, 0.4) is 0 Å². The van der Waals surface area contributed by atoms with E-state index >= 15 is 0 Å². The molecule has 1 amide bonds. The van der Waals surface area contributed by atoms with Crippen LogP contribution in [-0.4, -0.2) is 39.2 Å². The summed E-state index contributed by atoms with van der Waals surface area (Å²) in [5.74, 6) is -1.70. The van der Waals surface area contributed by atoms with Gasteiger partial charge in [-0.15, -0.1) is 0 Å². The van der Waals surface area contributed by atoms with E-state index in [0.717, 1.165) is 16.8 Å². The van der Waals surface area contributed by atoms with Crippen molar-refractivity contribution in [3.63, 3.8) is 0 Å². The van der Waals surface area contributed by atoms with Gasteiger partial charge in [-0.1, -0.05) is 84.4 Å². The Morgan fingerprint density at radius 1 is 0.837 bits per heavy atom. The van der Waals surface area contributed by atoms with Gasteiger partial charge in [-0.2, -0.15) is 18.2 Å². The van der Waals surface area contributed by atoms with Crippen LogP contribution in [0, 0.1) is 20.8 Å². The third-order valence-electron chi connectivity index (χ3n) is 6.30. The standard InChI is InChI=1S/C30H33N5O.C2HF3O2/c1-21-13-15-25(16-14-21)19-31-29(36)27(18-24-10-5-4-6-11-24)34-28-17-23(3)33-30(35-28)32-20-26-12-8-7-9-22(26)2;3-2(4,5)1(6)7/h4-17,27H,18-20H2,1-3H3,(H,31,36)(H2,32,33,34,35);(H,6,7)/t27-;/m0./s1. The van der Waals surface area contributed by atoms with Crippen LogP contribution < -0.4 is 16.0 Å². The Bertz CT molecular complexity index is 1500. The summed E-state index contributed by atoms with van der Waals surface area (Å²) >= 11 is 0. The molecule has 3 aromatic carbocycles. The zero-order valence-corrected chi connectivity index (χ0v) is 24.1. The monoisotopic (exact) mass is 593 g/mol. The number of aromatic nitrogens is 2. The Morgan fingerprint density at radius 3 is 2.09 bits per heavy atom. The van der Waals surface area contributed by atoms with Crippen LogP contribution in [0.25, 0.3) is 0 Å². The lowest BCUT2D eigenvalue weighted by atomic mass is 10.0. The van der Waals surface area contributed by atoms with Crippen LogP contribution >= 0.6 is 0 Å². The fourth-order valence-corrected chi connectivity index (χ4v) is 3.96. The number of benzene rings is 3. The first kappa shape index (κ1) is 32.6. The molecule has 8 nitrogen and oxygen atoms in total. The Labute approximate surface area is 248 Å². The zero-order valence-electron chi connectivity index (χ0n) is 24.1. The van der Waals surface area contributed by atoms with Gasteiger partial charge in [0.2, 0.25) is 11.9 Å². The summed E-state index contributed by atoms with van der Waals surface area (Å²) in [6.45, 7) is 7.16. The molecule has 0 aliphatic carbocycles. The van der Waals surface area contributed by atoms with E-state index in [9.17, 15) is 18.0 Å². The van der Waals surface area contributed by atoms with Gasteiger partial charge in [0.25, 0.3) is 0 Å². The predicted molar refractivity (Wildman–Crippen MR) is 160 cm³/mol. The average molecular weight is 594 g/mol. The van der Waals surface area contributed by atoms with E-state index in [0.29, 0.717) is 31.3 Å². The fourth-order valence-electron chi connectivity index (χ4n) is 3.96. The molecular formula is C32H34F3N5O3. The number of hydrogen-bond donors (Lipinski definition) is 4. The van der Waals surface area contributed by atoms with Crippen molar-refractivity contribution in [2.45, 2.75) is 52.5 Å². The lowest BCUT2D eigenvalue weighted by Crippen LogP contribution is -2.41. The summed E-state index contributed by atoms with van der Waals surface area (Å²) in [6, 6.07) is 27.8. The van der Waals surface area contributed by atoms with Crippen molar-refractivity contribution >= 4 is 23.6 Å². The number of nitrogens with one attached hydrogen (secondary N) is 3. The molecule has 4 rings (SSSR count). The largest absolute Gasteiger partial charge is 0.490 e. The van der Waals surface area contributed by atoms with E-state index in [1.165, 1.54) is 16.7 Å². The van der Waals surface area contributed by atoms with Gasteiger partial charge < -0.3 is 21.1 Å². The normalized spacial score (nSPS) is 11.5. The maximum absolute atomic E-state index is 13.3. The number of nitrogens with zero attached hydrogens (tertiary/aromatic N) is 2. The van der Waals surface area contributed by atoms with Gasteiger partial charge in [-0.05, 0) is 43.0 Å². The minimum Gasteiger partial charge on any atom is -0.475 e. The lowest BCUT2D eigenvalue weighted by Gasteiger charge is -2.20. The number of anilines is 2. The second-order valence-electron chi connectivity index (χ2n) is 9.89. The highest BCUT2D eigenvalue weighted by Crippen LogP contribution is 2.16. The van der Waals surface area contributed by atoms with Crippen molar-refractivity contribution < 1.29 is 27.9 Å². The zero-order chi connectivity index (χ0) is 31.4. The van der Waals surface area contributed by atoms with Gasteiger partial charge >= 0.3 is 12.1 Å². The number of rotatable bonds is 10. The van der Waals surface area contributed by atoms with Gasteiger partial charge in [-0.3, -0.25) is 4.79 Å². The highest BCUT2D eigenvalue weighted by atomic mass is 19.4. The van der Waals surface area contributed by atoms with Gasteiger partial charge in [0.05, 0.1) is 0 Å². The van der Waals surface area contributed by atoms with Crippen molar-refractivity contribution in [1.29, 1.82) is 0 Å². The number of carboxylic acid groups (broad SMARTS) is 1. The number of alkyl halides is 3. The Morgan fingerprint density at radius 2 is 1.47 bits per heavy atom. The van der Waals surface area contributed by atoms with E-state index in [1.807, 2.05) is 67.6 Å². The average Bonchev–Trinajstić information content (AvgIpc) is 2.96. The number of carbonyl (C=O) groups is 2. The van der Waals surface area contributed by atoms with Gasteiger partial charge in [0, 0.05) is 31.3 Å². The molecule has 4 N–H and O–H groups in total. The topological polar surface area (TPSA) is 116 Å². The van der Waals surface area contributed by atoms with Crippen molar-refractivity contribution in [3.05, 3.63) is 118 Å². The van der Waals surface area contributed by atoms with Crippen LogP contribution in [0.4, 0.5) is 24.9 Å². The summed E-state index contributed by atoms with van der Waals surface area (Å²) in [4.78, 5) is 31.4. The molecule has 0 radical (unpaired) electrons. The minimum atomic E-state index is -5.08. The van der Waals surface area contributed by atoms with Crippen LogP contribution in [0.2, 0.25) is 0 Å². The number of hydrogen-bond acceptors (Lipinski definition) is 6. The third-order valence-corrected chi connectivity index (χ3v) is 6.30. The number of aliphatic carboxylic acids is 1. The molecule has 226 valence electrons. The SMILES string of the molecule is Cc1ccc(CNC(=O)[C@H](Cc2ccccc2)Nc2cc(C)nc(NCc3ccccc3C)n2)cc1.O=C(O)C(F)(F)F. The van der Waals surface area contributed by atoms with Gasteiger partial charge in [0.1, 0.15) is 11.9 Å². The molecule has 1 heterocycles. The minimum absolute atomic E-state index is 0.0786. The van der Waals surface area contributed by atoms with E-state index < -0.39 is 18.2 Å². The maximum atomic E-state index is 13.3. The molecule has 0 aliphatic rings. The number of amides is 1. The molecule has 0 saturated heterocycles. The smallest absolute Gasteiger partial charge is 0.475 e. The molecular weight excluding hydrogens is 559 g/mol. The number of aryl methyl sites for hydroxylation is 3. The van der Waals surface area contributed by atoms with Crippen molar-refractivity contribution in [2.24, 2.45) is 0 Å². The van der Waals surface area contributed by atoms with Crippen molar-refractivity contribution in [1.82, 2.24) is 15.3 Å². The second-order valence-corrected chi connectivity index (χ2v) is 9.89. The third kappa shape index (κ3) is 11.1. The molecule has 0 unspecified atom stereocenters. The number of carboxylic acids is 1. The first-order chi connectivity index (χ1) is 20.4. The molecule has 43 heavy (non-hydrogen) atoms. The van der Waals surface area contributed by atoms with Crippen LogP contribution in [0.1, 0.15) is 33.5 Å². The molecule has 0 saturated carbocycles. The molecule has 0 bridgehead atoms. The Kier molecular flexibility index (Phi) is 11.6. The molecule has 0 fully saturated rings. The van der Waals surface area contributed by atoms with Crippen molar-refractivity contribution in [3.8, 4) is 0 Å².